The fourth-order valence-electron chi connectivity index (χ4n) is 2.88. The maximum absolute atomic E-state index is 12.4. The number of methoxy groups -OCH3 is 1. The minimum atomic E-state index is -0.705. The monoisotopic (exact) mass is 420 g/mol. The maximum atomic E-state index is 12.4. The van der Waals surface area contributed by atoms with E-state index in [2.05, 4.69) is 5.32 Å². The van der Waals surface area contributed by atoms with Crippen LogP contribution in [0, 0.1) is 0 Å². The van der Waals surface area contributed by atoms with E-state index in [0.717, 1.165) is 5.56 Å². The first kappa shape index (κ1) is 23.2. The number of rotatable bonds is 11. The van der Waals surface area contributed by atoms with Gasteiger partial charge in [0.05, 0.1) is 38.2 Å². The van der Waals surface area contributed by atoms with E-state index in [-0.39, 0.29) is 25.2 Å². The number of ether oxygens (including phenoxy) is 2. The van der Waals surface area contributed by atoms with Crippen LogP contribution in [0.3, 0.4) is 0 Å². The van der Waals surface area contributed by atoms with E-state index in [1.165, 1.54) is 0 Å². The van der Waals surface area contributed by atoms with Crippen LogP contribution >= 0.6 is 11.6 Å². The number of anilines is 1. The lowest BCUT2D eigenvalue weighted by Crippen LogP contribution is -2.39. The molecule has 2 atom stereocenters. The molecule has 29 heavy (non-hydrogen) atoms. The molecule has 0 heterocycles. The highest BCUT2D eigenvalue weighted by Crippen LogP contribution is 2.23. The molecule has 2 rings (SSSR count). The van der Waals surface area contributed by atoms with Gasteiger partial charge >= 0.3 is 0 Å². The van der Waals surface area contributed by atoms with Crippen LogP contribution in [0.4, 0.5) is 5.69 Å². The molecule has 0 aliphatic carbocycles. The van der Waals surface area contributed by atoms with Gasteiger partial charge in [-0.25, -0.2) is 0 Å². The molecule has 7 heteroatoms. The molecule has 2 N–H and O–H groups in total. The Bertz CT molecular complexity index is 770. The molecule has 1 amide bonds. The number of hydrogen-bond acceptors (Lipinski definition) is 5. The summed E-state index contributed by atoms with van der Waals surface area (Å²) in [7, 11) is 1.56. The average molecular weight is 421 g/mol. The number of aliphatic hydroxyl groups excluding tert-OH is 1. The van der Waals surface area contributed by atoms with Crippen LogP contribution in [0.1, 0.15) is 25.5 Å². The molecule has 0 spiro atoms. The van der Waals surface area contributed by atoms with E-state index >= 15 is 0 Å². The molecule has 2 aromatic carbocycles. The zero-order chi connectivity index (χ0) is 21.2. The molecule has 2 aromatic rings. The topological polar surface area (TPSA) is 71.0 Å². The largest absolute Gasteiger partial charge is 0.495 e. The second-order valence-corrected chi connectivity index (χ2v) is 7.19. The van der Waals surface area contributed by atoms with Crippen LogP contribution in [0.25, 0.3) is 0 Å². The Balaban J connectivity index is 1.80. The predicted molar refractivity (Wildman–Crippen MR) is 116 cm³/mol. The fourth-order valence-corrected chi connectivity index (χ4v) is 3.01. The fraction of sp³-hybridized carbons (Fsp3) is 0.409. The summed E-state index contributed by atoms with van der Waals surface area (Å²) in [6.45, 7) is 5.17. The Hall–Kier alpha value is -2.12. The highest BCUT2D eigenvalue weighted by atomic mass is 35.5. The van der Waals surface area contributed by atoms with Gasteiger partial charge in [0, 0.05) is 11.6 Å². The number of aliphatic hydroxyl groups is 1. The molecule has 2 unspecified atom stereocenters. The first-order valence-corrected chi connectivity index (χ1v) is 10.0. The summed E-state index contributed by atoms with van der Waals surface area (Å²) in [5, 5.41) is 13.9. The van der Waals surface area contributed by atoms with Crippen molar-refractivity contribution in [1.82, 2.24) is 4.90 Å². The van der Waals surface area contributed by atoms with Gasteiger partial charge in [0.15, 0.2) is 0 Å². The van der Waals surface area contributed by atoms with Crippen molar-refractivity contribution in [3.8, 4) is 5.75 Å². The second-order valence-electron chi connectivity index (χ2n) is 6.76. The van der Waals surface area contributed by atoms with E-state index in [9.17, 15) is 9.90 Å². The first-order valence-electron chi connectivity index (χ1n) is 9.63. The lowest BCUT2D eigenvalue weighted by molar-refractivity contribution is -0.117. The van der Waals surface area contributed by atoms with Gasteiger partial charge < -0.3 is 19.9 Å². The van der Waals surface area contributed by atoms with Crippen LogP contribution in [0.5, 0.6) is 5.75 Å². The number of likely N-dealkylation sites (N-methyl/N-ethyl adjacent to an activating group) is 1. The van der Waals surface area contributed by atoms with Crippen molar-refractivity contribution in [2.75, 3.05) is 38.7 Å². The van der Waals surface area contributed by atoms with Crippen LogP contribution in [-0.2, 0) is 9.53 Å². The summed E-state index contributed by atoms with van der Waals surface area (Å²) in [5.74, 6) is 0.438. The average Bonchev–Trinajstić information content (AvgIpc) is 2.72. The van der Waals surface area contributed by atoms with Crippen LogP contribution in [0.2, 0.25) is 5.02 Å². The number of carbonyl (C=O) groups is 1. The van der Waals surface area contributed by atoms with Crippen molar-refractivity contribution in [2.24, 2.45) is 0 Å². The second kappa shape index (κ2) is 11.8. The Morgan fingerprint density at radius 2 is 1.90 bits per heavy atom. The Labute approximate surface area is 177 Å². The van der Waals surface area contributed by atoms with Gasteiger partial charge in [-0.2, -0.15) is 0 Å². The van der Waals surface area contributed by atoms with Crippen molar-refractivity contribution in [2.45, 2.75) is 26.1 Å². The summed E-state index contributed by atoms with van der Waals surface area (Å²) >= 11 is 5.90. The number of nitrogens with zero attached hydrogens (tertiary/aromatic N) is 1. The third-order valence-electron chi connectivity index (χ3n) is 4.54. The summed E-state index contributed by atoms with van der Waals surface area (Å²) in [5.41, 5.74) is 1.61. The van der Waals surface area contributed by atoms with E-state index in [1.807, 2.05) is 55.1 Å². The van der Waals surface area contributed by atoms with E-state index in [4.69, 9.17) is 21.1 Å². The Morgan fingerprint density at radius 1 is 1.21 bits per heavy atom. The van der Waals surface area contributed by atoms with Gasteiger partial charge in [0.1, 0.15) is 5.75 Å². The molecule has 6 nitrogen and oxygen atoms in total. The minimum absolute atomic E-state index is 0.161. The summed E-state index contributed by atoms with van der Waals surface area (Å²) < 4.78 is 11.0. The van der Waals surface area contributed by atoms with E-state index < -0.39 is 6.10 Å². The SMILES string of the molecule is CCN(CC(=O)Nc1ccccc1OC)CC(O)COC(C)c1ccc(Cl)cc1. The predicted octanol–water partition coefficient (Wildman–Crippen LogP) is 3.75. The summed E-state index contributed by atoms with van der Waals surface area (Å²) in [6, 6.07) is 14.7. The van der Waals surface area contributed by atoms with Crippen molar-refractivity contribution in [3.63, 3.8) is 0 Å². The normalized spacial score (nSPS) is 13.2. The molecular formula is C22H29ClN2O4. The number of hydrogen-bond donors (Lipinski definition) is 2. The van der Waals surface area contributed by atoms with Gasteiger partial charge in [-0.1, -0.05) is 42.8 Å². The molecule has 0 saturated carbocycles. The smallest absolute Gasteiger partial charge is 0.238 e. The zero-order valence-electron chi connectivity index (χ0n) is 17.1. The molecule has 0 saturated heterocycles. The molecule has 0 bridgehead atoms. The molecule has 158 valence electrons. The first-order chi connectivity index (χ1) is 13.9. The Morgan fingerprint density at radius 3 is 2.55 bits per heavy atom. The van der Waals surface area contributed by atoms with Gasteiger partial charge in [0.2, 0.25) is 5.91 Å². The number of carbonyl (C=O) groups excluding carboxylic acids is 1. The van der Waals surface area contributed by atoms with Crippen LogP contribution in [0.15, 0.2) is 48.5 Å². The zero-order valence-corrected chi connectivity index (χ0v) is 17.9. The van der Waals surface area contributed by atoms with Gasteiger partial charge in [0.25, 0.3) is 0 Å². The summed E-state index contributed by atoms with van der Waals surface area (Å²) in [4.78, 5) is 14.2. The molecular weight excluding hydrogens is 392 g/mol. The maximum Gasteiger partial charge on any atom is 0.238 e. The highest BCUT2D eigenvalue weighted by molar-refractivity contribution is 6.30. The quantitative estimate of drug-likeness (QED) is 0.579. The van der Waals surface area contributed by atoms with Crippen LogP contribution in [-0.4, -0.2) is 55.4 Å². The van der Waals surface area contributed by atoms with Crippen molar-refractivity contribution in [3.05, 3.63) is 59.1 Å². The number of halogens is 1. The molecule has 0 aliphatic rings. The number of para-hydroxylation sites is 2. The van der Waals surface area contributed by atoms with Crippen molar-refractivity contribution >= 4 is 23.2 Å². The van der Waals surface area contributed by atoms with E-state index in [1.54, 1.807) is 19.2 Å². The third-order valence-corrected chi connectivity index (χ3v) is 4.79. The third kappa shape index (κ3) is 7.66. The molecule has 0 aromatic heterocycles. The number of nitrogens with one attached hydrogen (secondary N) is 1. The molecule has 0 radical (unpaired) electrons. The van der Waals surface area contributed by atoms with Crippen molar-refractivity contribution < 1.29 is 19.4 Å². The van der Waals surface area contributed by atoms with Crippen molar-refractivity contribution in [1.29, 1.82) is 0 Å². The lowest BCUT2D eigenvalue weighted by Gasteiger charge is -2.24. The number of amides is 1. The van der Waals surface area contributed by atoms with Gasteiger partial charge in [-0.05, 0) is 43.3 Å². The van der Waals surface area contributed by atoms with Gasteiger partial charge in [-0.15, -0.1) is 0 Å². The lowest BCUT2D eigenvalue weighted by atomic mass is 10.1. The van der Waals surface area contributed by atoms with Crippen LogP contribution < -0.4 is 10.1 Å². The Kier molecular flexibility index (Phi) is 9.41. The minimum Gasteiger partial charge on any atom is -0.495 e. The number of benzene rings is 2. The standard InChI is InChI=1S/C22H29ClN2O4/c1-4-25(14-22(27)24-20-7-5-6-8-21(20)28-3)13-19(26)15-29-16(2)17-9-11-18(23)12-10-17/h5-12,16,19,26H,4,13-15H2,1-3H3,(H,24,27). The molecule has 0 aliphatic heterocycles. The summed E-state index contributed by atoms with van der Waals surface area (Å²) in [6.07, 6.45) is -0.866. The molecule has 0 fully saturated rings. The highest BCUT2D eigenvalue weighted by Gasteiger charge is 2.16. The van der Waals surface area contributed by atoms with E-state index in [0.29, 0.717) is 29.5 Å². The van der Waals surface area contributed by atoms with Gasteiger partial charge in [-0.3, -0.25) is 9.69 Å².